The molecule has 0 saturated carbocycles. The molecule has 6 nitrogen and oxygen atoms in total. The highest BCUT2D eigenvalue weighted by Crippen LogP contribution is 2.26. The van der Waals surface area contributed by atoms with E-state index in [0.717, 1.165) is 28.6 Å². The van der Waals surface area contributed by atoms with Crippen molar-refractivity contribution in [3.63, 3.8) is 0 Å². The normalized spacial score (nSPS) is 11.3. The molecule has 0 bridgehead atoms. The highest BCUT2D eigenvalue weighted by molar-refractivity contribution is 8.01. The third-order valence-corrected chi connectivity index (χ3v) is 6.70. The van der Waals surface area contributed by atoms with E-state index in [1.807, 2.05) is 42.5 Å². The molecule has 35 heavy (non-hydrogen) atoms. The van der Waals surface area contributed by atoms with Crippen LogP contribution in [0.3, 0.4) is 0 Å². The van der Waals surface area contributed by atoms with Gasteiger partial charge in [-0.05, 0) is 35.7 Å². The summed E-state index contributed by atoms with van der Waals surface area (Å²) in [7, 11) is 0. The second kappa shape index (κ2) is 10.8. The van der Waals surface area contributed by atoms with E-state index < -0.39 is 6.36 Å². The largest absolute Gasteiger partial charge is 0.573 e. The van der Waals surface area contributed by atoms with Gasteiger partial charge < -0.3 is 15.4 Å². The fraction of sp³-hybridized carbons (Fsp3) is 0.125. The number of anilines is 2. The van der Waals surface area contributed by atoms with Gasteiger partial charge in [-0.15, -0.1) is 24.5 Å². The number of nitrogens with one attached hydrogen (secondary N) is 2. The summed E-state index contributed by atoms with van der Waals surface area (Å²) in [6, 6.07) is 18.3. The van der Waals surface area contributed by atoms with E-state index in [4.69, 9.17) is 0 Å². The zero-order valence-corrected chi connectivity index (χ0v) is 19.6. The first-order valence-electron chi connectivity index (χ1n) is 10.3. The molecule has 4 aromatic rings. The number of halogens is 3. The molecular formula is C24H18F3N3O3S2. The lowest BCUT2D eigenvalue weighted by molar-refractivity contribution is -0.274. The number of thioether (sulfide) groups is 1. The number of thiazole rings is 1. The Hall–Kier alpha value is -3.57. The fourth-order valence-electron chi connectivity index (χ4n) is 3.19. The van der Waals surface area contributed by atoms with Crippen LogP contribution in [-0.4, -0.2) is 28.9 Å². The second-order valence-corrected chi connectivity index (χ2v) is 9.35. The summed E-state index contributed by atoms with van der Waals surface area (Å²) in [5.41, 5.74) is 1.60. The molecule has 0 aliphatic heterocycles. The van der Waals surface area contributed by atoms with Crippen LogP contribution in [0, 0.1) is 0 Å². The molecule has 180 valence electrons. The number of carbonyl (C=O) groups is 2. The summed E-state index contributed by atoms with van der Waals surface area (Å²) in [6.07, 6.45) is -4.79. The summed E-state index contributed by atoms with van der Waals surface area (Å²) in [4.78, 5) is 29.1. The SMILES string of the molecule is O=C(Cc1csc(SCC(=O)Nc2cccc3ccccc23)n1)Nc1ccc(OC(F)(F)F)cc1. The monoisotopic (exact) mass is 517 g/mol. The summed E-state index contributed by atoms with van der Waals surface area (Å²) in [6.45, 7) is 0. The summed E-state index contributed by atoms with van der Waals surface area (Å²) >= 11 is 2.59. The first-order valence-corrected chi connectivity index (χ1v) is 12.1. The number of benzene rings is 3. The molecule has 0 radical (unpaired) electrons. The Labute approximate surface area is 206 Å². The van der Waals surface area contributed by atoms with E-state index >= 15 is 0 Å². The molecule has 0 spiro atoms. The number of amides is 2. The van der Waals surface area contributed by atoms with Crippen LogP contribution in [0.15, 0.2) is 76.4 Å². The van der Waals surface area contributed by atoms with Crippen LogP contribution in [0.5, 0.6) is 5.75 Å². The first kappa shape index (κ1) is 24.6. The minimum absolute atomic E-state index is 0.0138. The van der Waals surface area contributed by atoms with Gasteiger partial charge in [0.1, 0.15) is 5.75 Å². The van der Waals surface area contributed by atoms with Gasteiger partial charge in [-0.1, -0.05) is 48.2 Å². The lowest BCUT2D eigenvalue weighted by Crippen LogP contribution is -2.17. The molecule has 3 aromatic carbocycles. The maximum absolute atomic E-state index is 12.4. The van der Waals surface area contributed by atoms with Crippen molar-refractivity contribution in [3.05, 3.63) is 77.8 Å². The molecule has 0 unspecified atom stereocenters. The van der Waals surface area contributed by atoms with Gasteiger partial charge in [0.25, 0.3) is 0 Å². The number of hydrogen-bond acceptors (Lipinski definition) is 6. The highest BCUT2D eigenvalue weighted by atomic mass is 32.2. The highest BCUT2D eigenvalue weighted by Gasteiger charge is 2.31. The lowest BCUT2D eigenvalue weighted by atomic mass is 10.1. The summed E-state index contributed by atoms with van der Waals surface area (Å²) < 4.78 is 41.1. The van der Waals surface area contributed by atoms with Crippen molar-refractivity contribution >= 4 is 57.1 Å². The Morgan fingerprint density at radius 3 is 2.46 bits per heavy atom. The van der Waals surface area contributed by atoms with Gasteiger partial charge in [0.2, 0.25) is 11.8 Å². The molecular weight excluding hydrogens is 499 g/mol. The van der Waals surface area contributed by atoms with Crippen LogP contribution in [0.4, 0.5) is 24.5 Å². The van der Waals surface area contributed by atoms with Gasteiger partial charge in [-0.3, -0.25) is 9.59 Å². The first-order chi connectivity index (χ1) is 16.7. The molecule has 0 saturated heterocycles. The average molecular weight is 518 g/mol. The van der Waals surface area contributed by atoms with E-state index in [0.29, 0.717) is 15.7 Å². The molecule has 1 aromatic heterocycles. The van der Waals surface area contributed by atoms with Crippen LogP contribution in [-0.2, 0) is 16.0 Å². The van der Waals surface area contributed by atoms with E-state index in [1.54, 1.807) is 5.38 Å². The number of ether oxygens (including phenoxy) is 1. The summed E-state index contributed by atoms with van der Waals surface area (Å²) in [5.74, 6) is -0.751. The van der Waals surface area contributed by atoms with Crippen LogP contribution in [0.2, 0.25) is 0 Å². The van der Waals surface area contributed by atoms with Crippen LogP contribution in [0.1, 0.15) is 5.69 Å². The fourth-order valence-corrected chi connectivity index (χ4v) is 4.84. The van der Waals surface area contributed by atoms with Crippen molar-refractivity contribution < 1.29 is 27.5 Å². The number of carbonyl (C=O) groups excluding carboxylic acids is 2. The third kappa shape index (κ3) is 7.20. The zero-order chi connectivity index (χ0) is 24.8. The lowest BCUT2D eigenvalue weighted by Gasteiger charge is -2.09. The molecule has 4 rings (SSSR count). The van der Waals surface area contributed by atoms with Crippen molar-refractivity contribution in [1.29, 1.82) is 0 Å². The molecule has 0 aliphatic rings. The van der Waals surface area contributed by atoms with Crippen molar-refractivity contribution in [2.75, 3.05) is 16.4 Å². The Bertz CT molecular complexity index is 1340. The zero-order valence-electron chi connectivity index (χ0n) is 18.0. The Morgan fingerprint density at radius 2 is 1.69 bits per heavy atom. The molecule has 11 heteroatoms. The molecule has 0 atom stereocenters. The number of fused-ring (bicyclic) bond motifs is 1. The van der Waals surface area contributed by atoms with E-state index in [1.165, 1.54) is 35.2 Å². The van der Waals surface area contributed by atoms with Gasteiger partial charge in [0.05, 0.1) is 17.9 Å². The van der Waals surface area contributed by atoms with Gasteiger partial charge in [-0.25, -0.2) is 4.98 Å². The van der Waals surface area contributed by atoms with Gasteiger partial charge in [0.15, 0.2) is 4.34 Å². The maximum atomic E-state index is 12.4. The van der Waals surface area contributed by atoms with Crippen LogP contribution in [0.25, 0.3) is 10.8 Å². The van der Waals surface area contributed by atoms with Gasteiger partial charge in [-0.2, -0.15) is 0 Å². The predicted molar refractivity (Wildman–Crippen MR) is 131 cm³/mol. The number of hydrogen-bond donors (Lipinski definition) is 2. The van der Waals surface area contributed by atoms with Gasteiger partial charge >= 0.3 is 6.36 Å². The predicted octanol–water partition coefficient (Wildman–Crippen LogP) is 6.11. The molecule has 2 N–H and O–H groups in total. The minimum atomic E-state index is -4.78. The number of nitrogens with zero attached hydrogens (tertiary/aromatic N) is 1. The quantitative estimate of drug-likeness (QED) is 0.276. The molecule has 0 fully saturated rings. The van der Waals surface area contributed by atoms with Crippen molar-refractivity contribution in [2.45, 2.75) is 17.1 Å². The maximum Gasteiger partial charge on any atom is 0.573 e. The Morgan fingerprint density at radius 1 is 0.943 bits per heavy atom. The third-order valence-electron chi connectivity index (χ3n) is 4.63. The number of rotatable bonds is 8. The topological polar surface area (TPSA) is 80.3 Å². The van der Waals surface area contributed by atoms with Crippen molar-refractivity contribution in [1.82, 2.24) is 4.98 Å². The molecule has 2 amide bonds. The van der Waals surface area contributed by atoms with Crippen molar-refractivity contribution in [3.8, 4) is 5.75 Å². The summed E-state index contributed by atoms with van der Waals surface area (Å²) in [5, 5.41) is 9.24. The number of alkyl halides is 3. The Kier molecular flexibility index (Phi) is 7.57. The molecule has 1 heterocycles. The minimum Gasteiger partial charge on any atom is -0.406 e. The number of aromatic nitrogens is 1. The van der Waals surface area contributed by atoms with Crippen molar-refractivity contribution in [2.24, 2.45) is 0 Å². The average Bonchev–Trinajstić information content (AvgIpc) is 3.25. The Balaban J connectivity index is 1.26. The smallest absolute Gasteiger partial charge is 0.406 e. The van der Waals surface area contributed by atoms with Crippen LogP contribution < -0.4 is 15.4 Å². The van der Waals surface area contributed by atoms with E-state index in [2.05, 4.69) is 20.4 Å². The standard InChI is InChI=1S/C24H18F3N3O3S2/c25-24(26,27)33-18-10-8-16(9-11-18)28-21(31)12-17-13-34-23(29-17)35-14-22(32)30-20-7-3-5-15-4-1-2-6-19(15)20/h1-11,13H,12,14H2,(H,28,31)(H,30,32). The van der Waals surface area contributed by atoms with E-state index in [-0.39, 0.29) is 29.7 Å². The van der Waals surface area contributed by atoms with Gasteiger partial charge in [0, 0.05) is 22.1 Å². The second-order valence-electron chi connectivity index (χ2n) is 7.27. The van der Waals surface area contributed by atoms with Crippen LogP contribution >= 0.6 is 23.1 Å². The van der Waals surface area contributed by atoms with E-state index in [9.17, 15) is 22.8 Å². The molecule has 0 aliphatic carbocycles.